The number of anilines is 4. The number of hydrogen-bond acceptors (Lipinski definition) is 5. The second kappa shape index (κ2) is 7.47. The van der Waals surface area contributed by atoms with E-state index in [2.05, 4.69) is 20.8 Å². The highest BCUT2D eigenvalue weighted by atomic mass is 19.1. The molecule has 8 heteroatoms. The second-order valence-corrected chi connectivity index (χ2v) is 6.96. The van der Waals surface area contributed by atoms with E-state index in [1.807, 2.05) is 6.07 Å². The van der Waals surface area contributed by atoms with Gasteiger partial charge in [-0.3, -0.25) is 5.10 Å². The maximum Gasteiger partial charge on any atom is 0.152 e. The minimum atomic E-state index is -0.599. The van der Waals surface area contributed by atoms with E-state index in [4.69, 9.17) is 5.73 Å². The van der Waals surface area contributed by atoms with Crippen LogP contribution in [0, 0.1) is 11.6 Å². The molecule has 3 aromatic rings. The lowest BCUT2D eigenvalue weighted by Gasteiger charge is -2.20. The Balaban J connectivity index is 1.56. The maximum absolute atomic E-state index is 14.4. The predicted octanol–water partition coefficient (Wildman–Crippen LogP) is 4.04. The third-order valence-electron chi connectivity index (χ3n) is 4.80. The molecule has 0 amide bonds. The van der Waals surface area contributed by atoms with Gasteiger partial charge < -0.3 is 21.5 Å². The number of H-pyrrole nitrogens is 1. The van der Waals surface area contributed by atoms with Gasteiger partial charge in [0.1, 0.15) is 11.6 Å². The molecule has 0 saturated heterocycles. The van der Waals surface area contributed by atoms with Crippen molar-refractivity contribution in [2.45, 2.75) is 24.8 Å². The highest BCUT2D eigenvalue weighted by Crippen LogP contribution is 2.40. The van der Waals surface area contributed by atoms with Crippen LogP contribution < -0.4 is 16.4 Å². The van der Waals surface area contributed by atoms with Crippen molar-refractivity contribution in [3.63, 3.8) is 0 Å². The third-order valence-corrected chi connectivity index (χ3v) is 4.80. The number of aromatic nitrogens is 2. The van der Waals surface area contributed by atoms with Crippen molar-refractivity contribution in [2.24, 2.45) is 0 Å². The van der Waals surface area contributed by atoms with Gasteiger partial charge in [-0.1, -0.05) is 12.1 Å². The molecule has 146 valence electrons. The number of aliphatic hydroxyl groups is 1. The lowest BCUT2D eigenvalue weighted by Crippen LogP contribution is -2.16. The van der Waals surface area contributed by atoms with Gasteiger partial charge in [-0.05, 0) is 36.6 Å². The molecule has 1 heterocycles. The highest BCUT2D eigenvalue weighted by molar-refractivity contribution is 5.76. The summed E-state index contributed by atoms with van der Waals surface area (Å²) in [7, 11) is 0. The largest absolute Gasteiger partial charge is 0.397 e. The second-order valence-electron chi connectivity index (χ2n) is 6.96. The fourth-order valence-electron chi connectivity index (χ4n) is 3.07. The van der Waals surface area contributed by atoms with Crippen LogP contribution >= 0.6 is 0 Å². The van der Waals surface area contributed by atoms with E-state index in [-0.39, 0.29) is 23.8 Å². The summed E-state index contributed by atoms with van der Waals surface area (Å²) >= 11 is 0. The van der Waals surface area contributed by atoms with Crippen molar-refractivity contribution in [1.29, 1.82) is 0 Å². The van der Waals surface area contributed by atoms with Crippen LogP contribution in [0.25, 0.3) is 0 Å². The molecule has 4 rings (SSSR count). The molecule has 1 aliphatic rings. The average molecular weight is 385 g/mol. The van der Waals surface area contributed by atoms with Crippen LogP contribution in [0.4, 0.5) is 31.7 Å². The van der Waals surface area contributed by atoms with Crippen molar-refractivity contribution in [3.8, 4) is 0 Å². The van der Waals surface area contributed by atoms with E-state index < -0.39 is 11.9 Å². The molecule has 0 bridgehead atoms. The summed E-state index contributed by atoms with van der Waals surface area (Å²) in [5.74, 6) is 0.203. The van der Waals surface area contributed by atoms with E-state index in [0.717, 1.165) is 18.5 Å². The number of rotatable bonds is 7. The Hall–Kier alpha value is -3.13. The number of hydrogen-bond donors (Lipinski definition) is 5. The number of benzene rings is 2. The van der Waals surface area contributed by atoms with Crippen LogP contribution in [-0.2, 0) is 0 Å². The molecule has 6 N–H and O–H groups in total. The number of nitrogens with one attached hydrogen (secondary N) is 3. The summed E-state index contributed by atoms with van der Waals surface area (Å²) in [6, 6.07) is 9.73. The molecule has 0 radical (unpaired) electrons. The number of aromatic amines is 1. The van der Waals surface area contributed by atoms with Crippen molar-refractivity contribution in [2.75, 3.05) is 23.0 Å². The predicted molar refractivity (Wildman–Crippen MR) is 105 cm³/mol. The molecule has 1 fully saturated rings. The zero-order chi connectivity index (χ0) is 19.7. The molecule has 1 aliphatic carbocycles. The van der Waals surface area contributed by atoms with Crippen LogP contribution in [0.3, 0.4) is 0 Å². The lowest BCUT2D eigenvalue weighted by atomic mass is 10.1. The fraction of sp³-hybridized carbons (Fsp3) is 0.250. The smallest absolute Gasteiger partial charge is 0.152 e. The summed E-state index contributed by atoms with van der Waals surface area (Å²) in [5.41, 5.74) is 8.55. The first-order valence-corrected chi connectivity index (χ1v) is 9.07. The number of aliphatic hydroxyl groups excluding tert-OH is 1. The van der Waals surface area contributed by atoms with E-state index in [9.17, 15) is 13.9 Å². The minimum Gasteiger partial charge on any atom is -0.397 e. The Morgan fingerprint density at radius 2 is 1.89 bits per heavy atom. The van der Waals surface area contributed by atoms with Crippen LogP contribution in [0.2, 0.25) is 0 Å². The Kier molecular flexibility index (Phi) is 4.87. The quantitative estimate of drug-likeness (QED) is 0.396. The summed E-state index contributed by atoms with van der Waals surface area (Å²) < 4.78 is 27.6. The van der Waals surface area contributed by atoms with Gasteiger partial charge in [0.25, 0.3) is 0 Å². The first kappa shape index (κ1) is 18.2. The molecule has 0 spiro atoms. The van der Waals surface area contributed by atoms with E-state index in [0.29, 0.717) is 23.0 Å². The van der Waals surface area contributed by atoms with Gasteiger partial charge in [0, 0.05) is 23.7 Å². The Labute approximate surface area is 160 Å². The third kappa shape index (κ3) is 3.91. The molecule has 2 aromatic carbocycles. The standard InChI is InChI=1S/C20H21F2N5O/c21-13-5-3-12(4-6-13)19(10-28)24-17-8-18(15(23)7-14(17)22)25-20-9-16(26-27-20)11-1-2-11/h3-9,11,19,24,28H,1-2,10,23H2,(H2,25,26,27). The number of nitrogens with zero attached hydrogens (tertiary/aromatic N) is 1. The van der Waals surface area contributed by atoms with Gasteiger partial charge in [-0.2, -0.15) is 5.10 Å². The maximum atomic E-state index is 14.4. The van der Waals surface area contributed by atoms with Gasteiger partial charge in [-0.15, -0.1) is 0 Å². The molecule has 1 aromatic heterocycles. The van der Waals surface area contributed by atoms with E-state index >= 15 is 0 Å². The molecule has 28 heavy (non-hydrogen) atoms. The van der Waals surface area contributed by atoms with Crippen molar-refractivity contribution in [1.82, 2.24) is 10.2 Å². The zero-order valence-electron chi connectivity index (χ0n) is 15.0. The zero-order valence-corrected chi connectivity index (χ0v) is 15.0. The monoisotopic (exact) mass is 385 g/mol. The van der Waals surface area contributed by atoms with E-state index in [1.54, 1.807) is 12.1 Å². The van der Waals surface area contributed by atoms with Crippen LogP contribution in [0.1, 0.15) is 36.1 Å². The molecular formula is C20H21F2N5O. The topological polar surface area (TPSA) is 99.0 Å². The first-order chi connectivity index (χ1) is 13.5. The normalized spacial score (nSPS) is 14.7. The molecular weight excluding hydrogens is 364 g/mol. The average Bonchev–Trinajstić information content (AvgIpc) is 3.43. The van der Waals surface area contributed by atoms with Crippen LogP contribution in [0.15, 0.2) is 42.5 Å². The highest BCUT2D eigenvalue weighted by Gasteiger charge is 2.25. The first-order valence-electron chi connectivity index (χ1n) is 9.07. The SMILES string of the molecule is Nc1cc(F)c(NC(CO)c2ccc(F)cc2)cc1Nc1cc(C2CC2)[nH]n1. The Morgan fingerprint density at radius 3 is 2.57 bits per heavy atom. The fourth-order valence-corrected chi connectivity index (χ4v) is 3.07. The van der Waals surface area contributed by atoms with Gasteiger partial charge >= 0.3 is 0 Å². The molecule has 0 aliphatic heterocycles. The Bertz CT molecular complexity index is 969. The summed E-state index contributed by atoms with van der Waals surface area (Å²) in [6.07, 6.45) is 2.31. The van der Waals surface area contributed by atoms with Crippen LogP contribution in [-0.4, -0.2) is 21.9 Å². The van der Waals surface area contributed by atoms with Gasteiger partial charge in [0.05, 0.1) is 29.7 Å². The number of nitrogens with two attached hydrogens (primary N) is 1. The Morgan fingerprint density at radius 1 is 1.14 bits per heavy atom. The van der Waals surface area contributed by atoms with Gasteiger partial charge in [0.2, 0.25) is 0 Å². The summed E-state index contributed by atoms with van der Waals surface area (Å²) in [4.78, 5) is 0. The summed E-state index contributed by atoms with van der Waals surface area (Å²) in [5, 5.41) is 22.9. The minimum absolute atomic E-state index is 0.165. The van der Waals surface area contributed by atoms with Crippen LogP contribution in [0.5, 0.6) is 0 Å². The molecule has 1 saturated carbocycles. The number of nitrogen functional groups attached to an aromatic ring is 1. The molecule has 1 unspecified atom stereocenters. The lowest BCUT2D eigenvalue weighted by molar-refractivity contribution is 0.276. The van der Waals surface area contributed by atoms with Crippen molar-refractivity contribution in [3.05, 3.63) is 65.4 Å². The van der Waals surface area contributed by atoms with E-state index in [1.165, 1.54) is 24.3 Å². The number of halogens is 2. The molecule has 1 atom stereocenters. The van der Waals surface area contributed by atoms with Gasteiger partial charge in [-0.25, -0.2) is 8.78 Å². The molecule has 6 nitrogen and oxygen atoms in total. The van der Waals surface area contributed by atoms with Gasteiger partial charge in [0.15, 0.2) is 5.82 Å². The van der Waals surface area contributed by atoms with Crippen molar-refractivity contribution < 1.29 is 13.9 Å². The van der Waals surface area contributed by atoms with Crippen molar-refractivity contribution >= 4 is 22.9 Å². The summed E-state index contributed by atoms with van der Waals surface area (Å²) in [6.45, 7) is -0.289.